The zero-order valence-electron chi connectivity index (χ0n) is 16.3. The maximum absolute atomic E-state index is 12.7. The van der Waals surface area contributed by atoms with Crippen molar-refractivity contribution in [1.82, 2.24) is 29.2 Å². The molecule has 0 spiro atoms. The third-order valence-electron chi connectivity index (χ3n) is 4.97. The number of hydrogen-bond donors (Lipinski definition) is 1. The molecule has 4 rings (SSSR count). The molecule has 1 aromatic carbocycles. The van der Waals surface area contributed by atoms with Gasteiger partial charge in [-0.25, -0.2) is 13.4 Å². The van der Waals surface area contributed by atoms with Crippen LogP contribution < -0.4 is 5.32 Å². The standard InChI is InChI=1S/C19H22N6O3S/c1-13-10-14(2)25-17(22-23-19(25)21-13)12-20-18(26)15-6-5-7-16(11-15)29(27,28)24-8-3-4-9-24/h5-7,10-11H,3-4,8-9,12H2,1-2H3,(H,20,26). The molecule has 29 heavy (non-hydrogen) atoms. The van der Waals surface area contributed by atoms with Crippen molar-refractivity contribution in [2.24, 2.45) is 0 Å². The van der Waals surface area contributed by atoms with Crippen LogP contribution in [-0.4, -0.2) is 51.3 Å². The minimum atomic E-state index is -3.57. The lowest BCUT2D eigenvalue weighted by Crippen LogP contribution is -2.28. The summed E-state index contributed by atoms with van der Waals surface area (Å²) in [6.45, 7) is 4.99. The third-order valence-corrected chi connectivity index (χ3v) is 6.86. The van der Waals surface area contributed by atoms with Gasteiger partial charge in [0.1, 0.15) is 0 Å². The zero-order chi connectivity index (χ0) is 20.6. The Kier molecular flexibility index (Phi) is 5.05. The summed E-state index contributed by atoms with van der Waals surface area (Å²) < 4.78 is 28.7. The van der Waals surface area contributed by atoms with Gasteiger partial charge in [0, 0.05) is 30.0 Å². The number of aryl methyl sites for hydroxylation is 2. The summed E-state index contributed by atoms with van der Waals surface area (Å²) in [5.74, 6) is 0.655. The first kappa shape index (κ1) is 19.5. The van der Waals surface area contributed by atoms with Crippen molar-refractivity contribution in [2.75, 3.05) is 13.1 Å². The number of amides is 1. The molecule has 1 amide bonds. The van der Waals surface area contributed by atoms with Crippen LogP contribution in [0.25, 0.3) is 5.78 Å². The Morgan fingerprint density at radius 1 is 1.14 bits per heavy atom. The molecule has 0 saturated carbocycles. The molecule has 10 heteroatoms. The quantitative estimate of drug-likeness (QED) is 0.677. The van der Waals surface area contributed by atoms with Gasteiger partial charge in [-0.05, 0) is 51.0 Å². The molecule has 1 saturated heterocycles. The highest BCUT2D eigenvalue weighted by molar-refractivity contribution is 7.89. The lowest BCUT2D eigenvalue weighted by Gasteiger charge is -2.16. The fourth-order valence-electron chi connectivity index (χ4n) is 3.55. The number of carbonyl (C=O) groups excluding carboxylic acids is 1. The van der Waals surface area contributed by atoms with Gasteiger partial charge < -0.3 is 5.32 Å². The Balaban J connectivity index is 1.53. The summed E-state index contributed by atoms with van der Waals surface area (Å²) in [4.78, 5) is 17.1. The van der Waals surface area contributed by atoms with Gasteiger partial charge in [0.2, 0.25) is 10.0 Å². The SMILES string of the molecule is Cc1cc(C)n2c(CNC(=O)c3cccc(S(=O)(=O)N4CCCC4)c3)nnc2n1. The summed E-state index contributed by atoms with van der Waals surface area (Å²) >= 11 is 0. The monoisotopic (exact) mass is 414 g/mol. The van der Waals surface area contributed by atoms with E-state index < -0.39 is 10.0 Å². The number of aromatic nitrogens is 4. The van der Waals surface area contributed by atoms with Crippen LogP contribution in [0.5, 0.6) is 0 Å². The van der Waals surface area contributed by atoms with Gasteiger partial charge in [0.05, 0.1) is 11.4 Å². The van der Waals surface area contributed by atoms with Gasteiger partial charge in [-0.3, -0.25) is 9.20 Å². The minimum Gasteiger partial charge on any atom is -0.345 e. The molecular weight excluding hydrogens is 392 g/mol. The first-order valence-corrected chi connectivity index (χ1v) is 10.9. The van der Waals surface area contributed by atoms with Gasteiger partial charge in [-0.1, -0.05) is 6.07 Å². The predicted molar refractivity (Wildman–Crippen MR) is 106 cm³/mol. The molecule has 3 aromatic rings. The third kappa shape index (κ3) is 3.73. The van der Waals surface area contributed by atoms with Gasteiger partial charge in [-0.2, -0.15) is 4.31 Å². The van der Waals surface area contributed by atoms with Crippen LogP contribution in [0.3, 0.4) is 0 Å². The number of carbonyl (C=O) groups is 1. The van der Waals surface area contributed by atoms with Gasteiger partial charge in [0.15, 0.2) is 5.82 Å². The van der Waals surface area contributed by atoms with E-state index in [2.05, 4.69) is 20.5 Å². The summed E-state index contributed by atoms with van der Waals surface area (Å²) in [5.41, 5.74) is 2.04. The lowest BCUT2D eigenvalue weighted by molar-refractivity contribution is 0.0949. The molecule has 0 atom stereocenters. The maximum atomic E-state index is 12.7. The van der Waals surface area contributed by atoms with Gasteiger partial charge >= 0.3 is 0 Å². The van der Waals surface area contributed by atoms with E-state index in [1.165, 1.54) is 16.4 Å². The van der Waals surface area contributed by atoms with Crippen molar-refractivity contribution >= 4 is 21.7 Å². The summed E-state index contributed by atoms with van der Waals surface area (Å²) in [5, 5.41) is 10.9. The van der Waals surface area contributed by atoms with Crippen LogP contribution in [0.1, 0.15) is 40.4 Å². The van der Waals surface area contributed by atoms with Crippen LogP contribution in [0.15, 0.2) is 35.2 Å². The average molecular weight is 414 g/mol. The number of benzene rings is 1. The van der Waals surface area contributed by atoms with Crippen LogP contribution in [0.2, 0.25) is 0 Å². The van der Waals surface area contributed by atoms with Crippen molar-refractivity contribution in [3.63, 3.8) is 0 Å². The molecule has 0 bridgehead atoms. The van der Waals surface area contributed by atoms with Crippen LogP contribution in [-0.2, 0) is 16.6 Å². The molecule has 3 heterocycles. The number of hydrogen-bond acceptors (Lipinski definition) is 6. The van der Waals surface area contributed by atoms with E-state index in [1.807, 2.05) is 19.9 Å². The maximum Gasteiger partial charge on any atom is 0.255 e. The highest BCUT2D eigenvalue weighted by Gasteiger charge is 2.27. The molecule has 1 fully saturated rings. The van der Waals surface area contributed by atoms with E-state index in [0.29, 0.717) is 24.7 Å². The van der Waals surface area contributed by atoms with Crippen LogP contribution >= 0.6 is 0 Å². The van der Waals surface area contributed by atoms with E-state index in [4.69, 9.17) is 0 Å². The van der Waals surface area contributed by atoms with E-state index in [0.717, 1.165) is 24.2 Å². The first-order valence-electron chi connectivity index (χ1n) is 9.43. The molecule has 0 unspecified atom stereocenters. The van der Waals surface area contributed by atoms with E-state index >= 15 is 0 Å². The zero-order valence-corrected chi connectivity index (χ0v) is 17.1. The topological polar surface area (TPSA) is 110 Å². The molecule has 0 aliphatic carbocycles. The van der Waals surface area contributed by atoms with Crippen molar-refractivity contribution < 1.29 is 13.2 Å². The normalized spacial score (nSPS) is 15.1. The number of fused-ring (bicyclic) bond motifs is 1. The smallest absolute Gasteiger partial charge is 0.255 e. The largest absolute Gasteiger partial charge is 0.345 e. The van der Waals surface area contributed by atoms with E-state index in [1.54, 1.807) is 16.5 Å². The second kappa shape index (κ2) is 7.53. The van der Waals surface area contributed by atoms with Crippen molar-refractivity contribution in [3.05, 3.63) is 53.1 Å². The Morgan fingerprint density at radius 2 is 1.90 bits per heavy atom. The second-order valence-corrected chi connectivity index (χ2v) is 9.05. The molecule has 1 N–H and O–H groups in total. The molecule has 152 valence electrons. The fraction of sp³-hybridized carbons (Fsp3) is 0.368. The number of nitrogens with one attached hydrogen (secondary N) is 1. The first-order chi connectivity index (χ1) is 13.9. The highest BCUT2D eigenvalue weighted by Crippen LogP contribution is 2.21. The van der Waals surface area contributed by atoms with E-state index in [9.17, 15) is 13.2 Å². The highest BCUT2D eigenvalue weighted by atomic mass is 32.2. The fourth-order valence-corrected chi connectivity index (χ4v) is 5.11. The number of sulfonamides is 1. The Hall–Kier alpha value is -2.85. The van der Waals surface area contributed by atoms with Crippen molar-refractivity contribution in [1.29, 1.82) is 0 Å². The molecule has 1 aliphatic rings. The summed E-state index contributed by atoms with van der Waals surface area (Å²) in [7, 11) is -3.57. The summed E-state index contributed by atoms with van der Waals surface area (Å²) in [6, 6.07) is 8.03. The van der Waals surface area contributed by atoms with Gasteiger partial charge in [0.25, 0.3) is 11.7 Å². The Bertz CT molecular complexity index is 1180. The second-order valence-electron chi connectivity index (χ2n) is 7.11. The van der Waals surface area contributed by atoms with Crippen molar-refractivity contribution in [3.8, 4) is 0 Å². The van der Waals surface area contributed by atoms with Crippen molar-refractivity contribution in [2.45, 2.75) is 38.1 Å². The van der Waals surface area contributed by atoms with Gasteiger partial charge in [-0.15, -0.1) is 10.2 Å². The molecular formula is C19H22N6O3S. The van der Waals surface area contributed by atoms with E-state index in [-0.39, 0.29) is 22.9 Å². The minimum absolute atomic E-state index is 0.135. The lowest BCUT2D eigenvalue weighted by atomic mass is 10.2. The molecule has 1 aliphatic heterocycles. The average Bonchev–Trinajstić information content (AvgIpc) is 3.36. The Labute approximate surface area is 168 Å². The van der Waals surface area contributed by atoms with Crippen LogP contribution in [0.4, 0.5) is 0 Å². The molecule has 0 radical (unpaired) electrons. The number of nitrogens with zero attached hydrogens (tertiary/aromatic N) is 5. The summed E-state index contributed by atoms with van der Waals surface area (Å²) in [6.07, 6.45) is 1.72. The number of rotatable bonds is 5. The van der Waals surface area contributed by atoms with Crippen LogP contribution in [0, 0.1) is 13.8 Å². The predicted octanol–water partition coefficient (Wildman–Crippen LogP) is 1.46. The molecule has 9 nitrogen and oxygen atoms in total. The Morgan fingerprint density at radius 3 is 2.66 bits per heavy atom. The molecule has 2 aromatic heterocycles.